The normalized spacial score (nSPS) is 19.9. The number of allylic oxidation sites excluding steroid dienone is 2. The number of esters is 1. The van der Waals surface area contributed by atoms with E-state index in [1.165, 1.54) is 0 Å². The molecule has 2 rings (SSSR count). The van der Waals surface area contributed by atoms with Crippen LogP contribution in [0.25, 0.3) is 0 Å². The molecular formula is C20H25NO3. The van der Waals surface area contributed by atoms with Crippen LogP contribution in [0.2, 0.25) is 0 Å². The van der Waals surface area contributed by atoms with Crippen LogP contribution in [0, 0.1) is 5.92 Å². The van der Waals surface area contributed by atoms with Gasteiger partial charge in [0.25, 0.3) is 0 Å². The smallest absolute Gasteiger partial charge is 0.309 e. The summed E-state index contributed by atoms with van der Waals surface area (Å²) < 4.78 is 5.70. The second-order valence-electron chi connectivity index (χ2n) is 6.18. The van der Waals surface area contributed by atoms with Crippen LogP contribution in [0.3, 0.4) is 0 Å². The lowest BCUT2D eigenvalue weighted by Crippen LogP contribution is -2.37. The second-order valence-corrected chi connectivity index (χ2v) is 6.18. The molecule has 0 fully saturated rings. The fourth-order valence-electron chi connectivity index (χ4n) is 2.93. The molecule has 1 aliphatic carbocycles. The predicted octanol–water partition coefficient (Wildman–Crippen LogP) is 3.49. The van der Waals surface area contributed by atoms with Gasteiger partial charge >= 0.3 is 5.97 Å². The van der Waals surface area contributed by atoms with Gasteiger partial charge in [0.15, 0.2) is 0 Å². The molecule has 1 amide bonds. The molecule has 0 saturated carbocycles. The van der Waals surface area contributed by atoms with Gasteiger partial charge in [-0.15, -0.1) is 13.2 Å². The third-order valence-electron chi connectivity index (χ3n) is 4.27. The molecular weight excluding hydrogens is 302 g/mol. The SMILES string of the molecule is C=CCCC(=O)N[C@@H]1c2ccccc2C[C@H]1OC(=O)C(C)CC=C. The van der Waals surface area contributed by atoms with Gasteiger partial charge in [-0.25, -0.2) is 0 Å². The summed E-state index contributed by atoms with van der Waals surface area (Å²) in [5.41, 5.74) is 2.14. The predicted molar refractivity (Wildman–Crippen MR) is 94.3 cm³/mol. The van der Waals surface area contributed by atoms with Crippen LogP contribution in [0.1, 0.15) is 43.4 Å². The van der Waals surface area contributed by atoms with E-state index >= 15 is 0 Å². The van der Waals surface area contributed by atoms with Gasteiger partial charge < -0.3 is 10.1 Å². The Morgan fingerprint density at radius 2 is 2.08 bits per heavy atom. The number of nitrogens with one attached hydrogen (secondary N) is 1. The van der Waals surface area contributed by atoms with Crippen molar-refractivity contribution in [2.45, 2.75) is 44.8 Å². The number of fused-ring (bicyclic) bond motifs is 1. The molecule has 3 atom stereocenters. The van der Waals surface area contributed by atoms with Gasteiger partial charge in [0.1, 0.15) is 6.10 Å². The highest BCUT2D eigenvalue weighted by Gasteiger charge is 2.36. The molecule has 1 aliphatic rings. The largest absolute Gasteiger partial charge is 0.459 e. The summed E-state index contributed by atoms with van der Waals surface area (Å²) in [5, 5.41) is 3.01. The van der Waals surface area contributed by atoms with Gasteiger partial charge in [0.2, 0.25) is 5.91 Å². The van der Waals surface area contributed by atoms with Crippen molar-refractivity contribution < 1.29 is 14.3 Å². The molecule has 0 saturated heterocycles. The Balaban J connectivity index is 2.11. The topological polar surface area (TPSA) is 55.4 Å². The first kappa shape index (κ1) is 18.0. The monoisotopic (exact) mass is 327 g/mol. The van der Waals surface area contributed by atoms with Gasteiger partial charge in [-0.3, -0.25) is 9.59 Å². The zero-order chi connectivity index (χ0) is 17.5. The maximum Gasteiger partial charge on any atom is 0.309 e. The van der Waals surface area contributed by atoms with Crippen LogP contribution in [-0.2, 0) is 20.7 Å². The van der Waals surface area contributed by atoms with E-state index in [1.54, 1.807) is 12.2 Å². The number of rotatable bonds is 8. The third-order valence-corrected chi connectivity index (χ3v) is 4.27. The Kier molecular flexibility index (Phi) is 6.36. The van der Waals surface area contributed by atoms with E-state index in [0.29, 0.717) is 25.7 Å². The van der Waals surface area contributed by atoms with Crippen LogP contribution in [-0.4, -0.2) is 18.0 Å². The van der Waals surface area contributed by atoms with Crippen molar-refractivity contribution in [1.82, 2.24) is 5.32 Å². The number of benzene rings is 1. The first-order valence-electron chi connectivity index (χ1n) is 8.36. The minimum atomic E-state index is -0.366. The second kappa shape index (κ2) is 8.48. The highest BCUT2D eigenvalue weighted by Crippen LogP contribution is 2.34. The van der Waals surface area contributed by atoms with E-state index in [0.717, 1.165) is 11.1 Å². The summed E-state index contributed by atoms with van der Waals surface area (Å²) in [6.45, 7) is 9.11. The lowest BCUT2D eigenvalue weighted by molar-refractivity contribution is -0.155. The van der Waals surface area contributed by atoms with E-state index < -0.39 is 0 Å². The zero-order valence-electron chi connectivity index (χ0n) is 14.2. The average molecular weight is 327 g/mol. The van der Waals surface area contributed by atoms with Crippen molar-refractivity contribution in [3.8, 4) is 0 Å². The van der Waals surface area contributed by atoms with Gasteiger partial charge in [-0.05, 0) is 24.0 Å². The van der Waals surface area contributed by atoms with Crippen LogP contribution in [0.15, 0.2) is 49.6 Å². The quantitative estimate of drug-likeness (QED) is 0.587. The molecule has 0 aliphatic heterocycles. The average Bonchev–Trinajstić information content (AvgIpc) is 2.90. The third kappa shape index (κ3) is 4.34. The number of hydrogen-bond acceptors (Lipinski definition) is 3. The molecule has 4 heteroatoms. The molecule has 0 spiro atoms. The minimum Gasteiger partial charge on any atom is -0.459 e. The Morgan fingerprint density at radius 3 is 2.79 bits per heavy atom. The Labute approximate surface area is 143 Å². The summed E-state index contributed by atoms with van der Waals surface area (Å²) in [4.78, 5) is 24.4. The Morgan fingerprint density at radius 1 is 1.33 bits per heavy atom. The van der Waals surface area contributed by atoms with Crippen molar-refractivity contribution >= 4 is 11.9 Å². The molecule has 1 aromatic carbocycles. The maximum atomic E-state index is 12.2. The highest BCUT2D eigenvalue weighted by atomic mass is 16.5. The van der Waals surface area contributed by atoms with Gasteiger partial charge in [0, 0.05) is 12.8 Å². The Bertz CT molecular complexity index is 623. The fourth-order valence-corrected chi connectivity index (χ4v) is 2.93. The molecule has 0 aromatic heterocycles. The molecule has 0 bridgehead atoms. The molecule has 0 heterocycles. The summed E-state index contributed by atoms with van der Waals surface area (Å²) in [7, 11) is 0. The van der Waals surface area contributed by atoms with Crippen molar-refractivity contribution in [3.63, 3.8) is 0 Å². The molecule has 1 unspecified atom stereocenters. The number of ether oxygens (including phenoxy) is 1. The van der Waals surface area contributed by atoms with Crippen LogP contribution in [0.4, 0.5) is 0 Å². The lowest BCUT2D eigenvalue weighted by atomic mass is 10.1. The molecule has 1 aromatic rings. The number of hydrogen-bond donors (Lipinski definition) is 1. The summed E-state index contributed by atoms with van der Waals surface area (Å²) in [6, 6.07) is 7.60. The van der Waals surface area contributed by atoms with Crippen LogP contribution < -0.4 is 5.32 Å². The lowest BCUT2D eigenvalue weighted by Gasteiger charge is -2.23. The summed E-state index contributed by atoms with van der Waals surface area (Å²) in [6.07, 6.45) is 5.27. The van der Waals surface area contributed by atoms with Gasteiger partial charge in [-0.2, -0.15) is 0 Å². The molecule has 0 radical (unpaired) electrons. The van der Waals surface area contributed by atoms with E-state index in [2.05, 4.69) is 18.5 Å². The summed E-state index contributed by atoms with van der Waals surface area (Å²) >= 11 is 0. The first-order chi connectivity index (χ1) is 11.6. The van der Waals surface area contributed by atoms with Crippen LogP contribution >= 0.6 is 0 Å². The molecule has 128 valence electrons. The van der Waals surface area contributed by atoms with Crippen molar-refractivity contribution in [1.29, 1.82) is 0 Å². The molecule has 4 nitrogen and oxygen atoms in total. The molecule has 24 heavy (non-hydrogen) atoms. The van der Waals surface area contributed by atoms with E-state index in [-0.39, 0.29) is 29.9 Å². The first-order valence-corrected chi connectivity index (χ1v) is 8.36. The fraction of sp³-hybridized carbons (Fsp3) is 0.400. The number of carbonyl (C=O) groups excluding carboxylic acids is 2. The van der Waals surface area contributed by atoms with Crippen molar-refractivity contribution in [2.24, 2.45) is 5.92 Å². The van der Waals surface area contributed by atoms with E-state index in [4.69, 9.17) is 4.74 Å². The van der Waals surface area contributed by atoms with Crippen molar-refractivity contribution in [2.75, 3.05) is 0 Å². The number of amides is 1. The summed E-state index contributed by atoms with van der Waals surface area (Å²) in [5.74, 6) is -0.543. The minimum absolute atomic E-state index is 0.0585. The van der Waals surface area contributed by atoms with E-state index in [9.17, 15) is 9.59 Å². The van der Waals surface area contributed by atoms with Gasteiger partial charge in [-0.1, -0.05) is 43.3 Å². The van der Waals surface area contributed by atoms with E-state index in [1.807, 2.05) is 31.2 Å². The standard InChI is InChI=1S/C20H25NO3/c1-4-6-12-18(22)21-19-16-11-8-7-10-15(16)13-17(19)24-20(23)14(3)9-5-2/h4-5,7-8,10-11,14,17,19H,1-2,6,9,12-13H2,3H3,(H,21,22)/t14?,17-,19-/m1/s1. The van der Waals surface area contributed by atoms with Crippen molar-refractivity contribution in [3.05, 3.63) is 60.7 Å². The van der Waals surface area contributed by atoms with Gasteiger partial charge in [0.05, 0.1) is 12.0 Å². The Hall–Kier alpha value is -2.36. The highest BCUT2D eigenvalue weighted by molar-refractivity contribution is 5.77. The maximum absolute atomic E-state index is 12.2. The molecule has 1 N–H and O–H groups in total. The zero-order valence-corrected chi connectivity index (χ0v) is 14.2. The van der Waals surface area contributed by atoms with Crippen LogP contribution in [0.5, 0.6) is 0 Å². The number of carbonyl (C=O) groups is 2.